The highest BCUT2D eigenvalue weighted by molar-refractivity contribution is 5.96. The van der Waals surface area contributed by atoms with E-state index >= 15 is 0 Å². The third kappa shape index (κ3) is 3.99. The van der Waals surface area contributed by atoms with Crippen molar-refractivity contribution in [2.45, 2.75) is 26.3 Å². The average Bonchev–Trinajstić information content (AvgIpc) is 2.54. The maximum absolute atomic E-state index is 8.64. The largest absolute Gasteiger partial charge is 0.409 e. The number of anilines is 1. The van der Waals surface area contributed by atoms with Gasteiger partial charge in [-0.1, -0.05) is 61.0 Å². The van der Waals surface area contributed by atoms with E-state index in [1.807, 2.05) is 30.3 Å². The highest BCUT2D eigenvalue weighted by Gasteiger charge is 2.02. The molecular weight excluding hydrogens is 262 g/mol. The van der Waals surface area contributed by atoms with Crippen molar-refractivity contribution < 1.29 is 5.21 Å². The summed E-state index contributed by atoms with van der Waals surface area (Å²) in [6.07, 6.45) is 2.21. The molecule has 0 aromatic heterocycles. The van der Waals surface area contributed by atoms with Crippen LogP contribution in [0.1, 0.15) is 30.0 Å². The van der Waals surface area contributed by atoms with Crippen molar-refractivity contribution in [2.75, 3.05) is 5.32 Å². The topological polar surface area (TPSA) is 70.6 Å². The second-order valence-electron chi connectivity index (χ2n) is 4.94. The van der Waals surface area contributed by atoms with E-state index in [4.69, 9.17) is 10.9 Å². The van der Waals surface area contributed by atoms with Crippen LogP contribution in [0.5, 0.6) is 0 Å². The molecule has 0 aliphatic carbocycles. The number of benzene rings is 2. The molecule has 0 unspecified atom stereocenters. The first-order valence-corrected chi connectivity index (χ1v) is 7.13. The quantitative estimate of drug-likeness (QED) is 0.329. The fourth-order valence-electron chi connectivity index (χ4n) is 2.23. The molecule has 0 bridgehead atoms. The normalized spacial score (nSPS) is 11.4. The number of aryl methyl sites for hydroxylation is 1. The van der Waals surface area contributed by atoms with Crippen molar-refractivity contribution in [1.82, 2.24) is 0 Å². The fourth-order valence-corrected chi connectivity index (χ4v) is 2.23. The molecule has 2 rings (SSSR count). The number of hydrogen-bond donors (Lipinski definition) is 3. The van der Waals surface area contributed by atoms with Crippen LogP contribution < -0.4 is 11.1 Å². The lowest BCUT2D eigenvalue weighted by molar-refractivity contribution is 0.318. The van der Waals surface area contributed by atoms with E-state index in [2.05, 4.69) is 35.6 Å². The smallest absolute Gasteiger partial charge is 0.170 e. The Hall–Kier alpha value is -2.49. The van der Waals surface area contributed by atoms with Gasteiger partial charge in [0.1, 0.15) is 0 Å². The van der Waals surface area contributed by atoms with Crippen molar-refractivity contribution in [2.24, 2.45) is 10.9 Å². The molecule has 0 fully saturated rings. The van der Waals surface area contributed by atoms with Gasteiger partial charge in [-0.25, -0.2) is 0 Å². The van der Waals surface area contributed by atoms with Gasteiger partial charge < -0.3 is 16.3 Å². The van der Waals surface area contributed by atoms with Crippen LogP contribution in [0, 0.1) is 0 Å². The van der Waals surface area contributed by atoms with Gasteiger partial charge in [0.15, 0.2) is 5.84 Å². The first-order chi connectivity index (χ1) is 10.2. The molecule has 4 N–H and O–H groups in total. The summed E-state index contributed by atoms with van der Waals surface area (Å²) in [5.74, 6) is 0.128. The number of rotatable bonds is 6. The molecule has 0 saturated heterocycles. The Morgan fingerprint density at radius 1 is 1.14 bits per heavy atom. The first kappa shape index (κ1) is 14.9. The highest BCUT2D eigenvalue weighted by atomic mass is 16.4. The Kier molecular flexibility index (Phi) is 5.21. The van der Waals surface area contributed by atoms with Gasteiger partial charge >= 0.3 is 0 Å². The third-order valence-electron chi connectivity index (χ3n) is 3.38. The van der Waals surface area contributed by atoms with Crippen LogP contribution in [0.25, 0.3) is 0 Å². The molecule has 4 nitrogen and oxygen atoms in total. The number of hydrogen-bond acceptors (Lipinski definition) is 3. The number of nitrogens with zero attached hydrogens (tertiary/aromatic N) is 1. The van der Waals surface area contributed by atoms with Crippen LogP contribution >= 0.6 is 0 Å². The van der Waals surface area contributed by atoms with Gasteiger partial charge in [0.05, 0.1) is 0 Å². The molecule has 0 saturated carbocycles. The SMILES string of the molecule is CCCc1ccccc1NCc1ccc(C(N)=NO)cc1. The van der Waals surface area contributed by atoms with E-state index in [-0.39, 0.29) is 5.84 Å². The monoisotopic (exact) mass is 283 g/mol. The van der Waals surface area contributed by atoms with Crippen LogP contribution in [-0.4, -0.2) is 11.0 Å². The number of nitrogens with two attached hydrogens (primary N) is 1. The van der Waals surface area contributed by atoms with Crippen molar-refractivity contribution in [1.29, 1.82) is 0 Å². The van der Waals surface area contributed by atoms with E-state index in [0.29, 0.717) is 5.56 Å². The average molecular weight is 283 g/mol. The zero-order valence-electron chi connectivity index (χ0n) is 12.2. The Morgan fingerprint density at radius 3 is 2.52 bits per heavy atom. The molecule has 0 aliphatic heterocycles. The Morgan fingerprint density at radius 2 is 1.86 bits per heavy atom. The zero-order chi connectivity index (χ0) is 15.1. The minimum atomic E-state index is 0.128. The second kappa shape index (κ2) is 7.33. The minimum absolute atomic E-state index is 0.128. The van der Waals surface area contributed by atoms with Crippen molar-refractivity contribution in [3.8, 4) is 0 Å². The maximum Gasteiger partial charge on any atom is 0.170 e. The molecule has 2 aromatic carbocycles. The molecule has 2 aromatic rings. The molecule has 0 atom stereocenters. The number of amidine groups is 1. The van der Waals surface area contributed by atoms with Gasteiger partial charge in [-0.3, -0.25) is 0 Å². The fraction of sp³-hybridized carbons (Fsp3) is 0.235. The summed E-state index contributed by atoms with van der Waals surface area (Å²) in [5, 5.41) is 15.1. The van der Waals surface area contributed by atoms with Crippen molar-refractivity contribution in [3.05, 3.63) is 65.2 Å². The lowest BCUT2D eigenvalue weighted by atomic mass is 10.1. The van der Waals surface area contributed by atoms with E-state index in [0.717, 1.165) is 24.9 Å². The van der Waals surface area contributed by atoms with Gasteiger partial charge in [-0.15, -0.1) is 0 Å². The lowest BCUT2D eigenvalue weighted by Crippen LogP contribution is -2.13. The van der Waals surface area contributed by atoms with Crippen LogP contribution in [0.3, 0.4) is 0 Å². The molecule has 0 spiro atoms. The van der Waals surface area contributed by atoms with Gasteiger partial charge in [0.25, 0.3) is 0 Å². The first-order valence-electron chi connectivity index (χ1n) is 7.13. The van der Waals surface area contributed by atoms with E-state index in [1.54, 1.807) is 0 Å². The molecule has 0 radical (unpaired) electrons. The van der Waals surface area contributed by atoms with Crippen molar-refractivity contribution in [3.63, 3.8) is 0 Å². The summed E-state index contributed by atoms with van der Waals surface area (Å²) in [4.78, 5) is 0. The predicted molar refractivity (Wildman–Crippen MR) is 86.7 cm³/mol. The van der Waals surface area contributed by atoms with Gasteiger partial charge in [0.2, 0.25) is 0 Å². The van der Waals surface area contributed by atoms with E-state index in [9.17, 15) is 0 Å². The molecule has 4 heteroatoms. The maximum atomic E-state index is 8.64. The Balaban J connectivity index is 2.03. The molecular formula is C17H21N3O. The van der Waals surface area contributed by atoms with Gasteiger partial charge in [0, 0.05) is 17.8 Å². The van der Waals surface area contributed by atoms with Crippen molar-refractivity contribution >= 4 is 11.5 Å². The van der Waals surface area contributed by atoms with E-state index < -0.39 is 0 Å². The number of nitrogens with one attached hydrogen (secondary N) is 1. The lowest BCUT2D eigenvalue weighted by Gasteiger charge is -2.11. The second-order valence-corrected chi connectivity index (χ2v) is 4.94. The summed E-state index contributed by atoms with van der Waals surface area (Å²) >= 11 is 0. The molecule has 0 amide bonds. The number of oxime groups is 1. The van der Waals surface area contributed by atoms with Crippen LogP contribution in [0.4, 0.5) is 5.69 Å². The molecule has 21 heavy (non-hydrogen) atoms. The van der Waals surface area contributed by atoms with Gasteiger partial charge in [-0.05, 0) is 23.6 Å². The Bertz CT molecular complexity index is 606. The van der Waals surface area contributed by atoms with Gasteiger partial charge in [-0.2, -0.15) is 0 Å². The Labute approximate surface area is 125 Å². The van der Waals surface area contributed by atoms with E-state index in [1.165, 1.54) is 11.3 Å². The van der Waals surface area contributed by atoms with Crippen LogP contribution in [0.15, 0.2) is 53.7 Å². The molecule has 0 heterocycles. The summed E-state index contributed by atoms with van der Waals surface area (Å²) in [5.41, 5.74) is 9.93. The predicted octanol–water partition coefficient (Wildman–Crippen LogP) is 3.35. The van der Waals surface area contributed by atoms with Crippen LogP contribution in [0.2, 0.25) is 0 Å². The highest BCUT2D eigenvalue weighted by Crippen LogP contribution is 2.18. The third-order valence-corrected chi connectivity index (χ3v) is 3.38. The zero-order valence-corrected chi connectivity index (χ0v) is 12.2. The summed E-state index contributed by atoms with van der Waals surface area (Å²) in [6, 6.07) is 16.0. The summed E-state index contributed by atoms with van der Waals surface area (Å²) < 4.78 is 0. The number of para-hydroxylation sites is 1. The molecule has 110 valence electrons. The minimum Gasteiger partial charge on any atom is -0.409 e. The summed E-state index contributed by atoms with van der Waals surface area (Å²) in [7, 11) is 0. The summed E-state index contributed by atoms with van der Waals surface area (Å²) in [6.45, 7) is 2.93. The standard InChI is InChI=1S/C17H21N3O/c1-2-5-14-6-3-4-7-16(14)19-12-13-8-10-15(11-9-13)17(18)20-21/h3-4,6-11,19,21H,2,5,12H2,1H3,(H2,18,20). The van der Waals surface area contributed by atoms with Crippen LogP contribution in [-0.2, 0) is 13.0 Å². The molecule has 0 aliphatic rings.